The smallest absolute Gasteiger partial charge is 0.266 e. The number of rotatable bonds is 5. The molecule has 0 bridgehead atoms. The molecule has 9 heteroatoms. The summed E-state index contributed by atoms with van der Waals surface area (Å²) in [5.74, 6) is -0.741. The maximum absolute atomic E-state index is 14.1. The van der Waals surface area contributed by atoms with Gasteiger partial charge in [0.1, 0.15) is 12.0 Å². The fourth-order valence-corrected chi connectivity index (χ4v) is 5.55. The lowest BCUT2D eigenvalue weighted by Crippen LogP contribution is -2.25. The van der Waals surface area contributed by atoms with E-state index in [0.29, 0.717) is 21.2 Å². The largest absolute Gasteiger partial charge is 0.364 e. The molecule has 0 aliphatic rings. The molecule has 0 saturated heterocycles. The van der Waals surface area contributed by atoms with Gasteiger partial charge in [0.2, 0.25) is 0 Å². The third-order valence-electron chi connectivity index (χ3n) is 4.48. The van der Waals surface area contributed by atoms with Gasteiger partial charge in [0, 0.05) is 33.9 Å². The first-order chi connectivity index (χ1) is 13.4. The average molecular weight is 416 g/mol. The van der Waals surface area contributed by atoms with Gasteiger partial charge in [0.15, 0.2) is 0 Å². The quantitative estimate of drug-likeness (QED) is 0.485. The summed E-state index contributed by atoms with van der Waals surface area (Å²) in [5.41, 5.74) is 7.63. The second kappa shape index (κ2) is 6.95. The summed E-state index contributed by atoms with van der Waals surface area (Å²) in [7, 11) is -2.35. The zero-order chi connectivity index (χ0) is 19.9. The Morgan fingerprint density at radius 3 is 2.75 bits per heavy atom. The number of halogens is 1. The molecular weight excluding hydrogens is 401 g/mol. The second-order valence-corrected chi connectivity index (χ2v) is 8.97. The second-order valence-electron chi connectivity index (χ2n) is 6.10. The molecule has 2 aromatic heterocycles. The van der Waals surface area contributed by atoms with Gasteiger partial charge in [-0.3, -0.25) is 9.36 Å². The van der Waals surface area contributed by atoms with E-state index >= 15 is 0 Å². The van der Waals surface area contributed by atoms with Gasteiger partial charge in [-0.25, -0.2) is 0 Å². The Labute approximate surface area is 164 Å². The van der Waals surface area contributed by atoms with Crippen LogP contribution in [0.3, 0.4) is 0 Å². The number of primary amides is 1. The molecule has 0 saturated carbocycles. The molecule has 28 heavy (non-hydrogen) atoms. The van der Waals surface area contributed by atoms with Crippen molar-refractivity contribution in [2.24, 2.45) is 5.73 Å². The molecule has 7 nitrogen and oxygen atoms in total. The number of H-pyrrole nitrogens is 1. The topological polar surface area (TPSA) is 111 Å². The highest BCUT2D eigenvalue weighted by atomic mass is 35.5. The predicted molar refractivity (Wildman–Crippen MR) is 108 cm³/mol. The molecule has 4 rings (SSSR count). The summed E-state index contributed by atoms with van der Waals surface area (Å²) in [6, 6.07) is 12.0. The Hall–Kier alpha value is -2.86. The summed E-state index contributed by atoms with van der Waals surface area (Å²) >= 11 is 6.13. The maximum atomic E-state index is 14.1. The lowest BCUT2D eigenvalue weighted by Gasteiger charge is -2.18. The number of hydrogen-bond acceptors (Lipinski definition) is 5. The minimum atomic E-state index is -3.68. The standard InChI is InChI=1S/C19H15ClN3O4P/c1-26-28(25,14-4-2-3-11(7-14)12-9-22-27-10-12)18-15-8-13(20)5-6-16(15)23-17(18)19(21)24/h2-10,23H,1H3,(H2,21,24)/t28-/m1/s1. The molecule has 2 aromatic carbocycles. The van der Waals surface area contributed by atoms with E-state index in [1.54, 1.807) is 42.6 Å². The summed E-state index contributed by atoms with van der Waals surface area (Å²) < 4.78 is 24.5. The minimum absolute atomic E-state index is 0.0258. The number of hydrogen-bond donors (Lipinski definition) is 2. The number of nitrogens with zero attached hydrogens (tertiary/aromatic N) is 1. The molecule has 1 amide bonds. The van der Waals surface area contributed by atoms with Crippen LogP contribution in [0.1, 0.15) is 10.5 Å². The normalized spacial score (nSPS) is 13.5. The van der Waals surface area contributed by atoms with Gasteiger partial charge in [-0.2, -0.15) is 0 Å². The number of carbonyl (C=O) groups is 1. The van der Waals surface area contributed by atoms with Crippen molar-refractivity contribution in [2.45, 2.75) is 0 Å². The molecule has 0 unspecified atom stereocenters. The van der Waals surface area contributed by atoms with E-state index in [0.717, 1.165) is 11.1 Å². The average Bonchev–Trinajstić information content (AvgIpc) is 3.35. The highest BCUT2D eigenvalue weighted by Crippen LogP contribution is 2.47. The van der Waals surface area contributed by atoms with Gasteiger partial charge in [-0.15, -0.1) is 0 Å². The van der Waals surface area contributed by atoms with E-state index < -0.39 is 13.3 Å². The van der Waals surface area contributed by atoms with Crippen LogP contribution in [0.4, 0.5) is 0 Å². The number of carbonyl (C=O) groups excluding carboxylic acids is 1. The predicted octanol–water partition coefficient (Wildman–Crippen LogP) is 3.45. The third-order valence-corrected chi connectivity index (χ3v) is 7.24. The monoisotopic (exact) mass is 415 g/mol. The first-order valence-electron chi connectivity index (χ1n) is 8.22. The molecule has 0 aliphatic carbocycles. The number of aromatic nitrogens is 2. The van der Waals surface area contributed by atoms with Crippen molar-refractivity contribution in [2.75, 3.05) is 7.11 Å². The van der Waals surface area contributed by atoms with Crippen LogP contribution in [-0.4, -0.2) is 23.2 Å². The molecule has 2 heterocycles. The number of aromatic amines is 1. The van der Waals surface area contributed by atoms with E-state index in [1.807, 2.05) is 6.07 Å². The summed E-state index contributed by atoms with van der Waals surface area (Å²) in [4.78, 5) is 15.0. The molecule has 0 spiro atoms. The van der Waals surface area contributed by atoms with Crippen molar-refractivity contribution >= 4 is 46.4 Å². The Bertz CT molecular complexity index is 1230. The molecule has 0 fully saturated rings. The molecule has 0 radical (unpaired) electrons. The number of nitrogens with two attached hydrogens (primary N) is 1. The van der Waals surface area contributed by atoms with E-state index in [1.165, 1.54) is 13.4 Å². The van der Waals surface area contributed by atoms with Crippen molar-refractivity contribution in [3.05, 3.63) is 65.6 Å². The number of nitrogens with one attached hydrogen (secondary N) is 1. The number of fused-ring (bicyclic) bond motifs is 1. The first-order valence-corrected chi connectivity index (χ1v) is 10.2. The summed E-state index contributed by atoms with van der Waals surface area (Å²) in [6.45, 7) is 0. The molecule has 142 valence electrons. The van der Waals surface area contributed by atoms with Gasteiger partial charge >= 0.3 is 0 Å². The van der Waals surface area contributed by atoms with E-state index in [-0.39, 0.29) is 11.0 Å². The lowest BCUT2D eigenvalue weighted by molar-refractivity contribution is 0.0997. The van der Waals surface area contributed by atoms with Gasteiger partial charge < -0.3 is 19.8 Å². The number of amides is 1. The SMILES string of the molecule is CO[P@](=O)(c1cccc(-c2cnoc2)c1)c1c(C(N)=O)[nH]c2ccc(Cl)cc12. The Balaban J connectivity index is 2.00. The van der Waals surface area contributed by atoms with E-state index in [9.17, 15) is 9.36 Å². The van der Waals surface area contributed by atoms with Crippen LogP contribution in [0.25, 0.3) is 22.0 Å². The minimum Gasteiger partial charge on any atom is -0.364 e. The molecule has 4 aromatic rings. The Morgan fingerprint density at radius 1 is 1.25 bits per heavy atom. The van der Waals surface area contributed by atoms with Crippen molar-refractivity contribution < 1.29 is 18.4 Å². The maximum Gasteiger partial charge on any atom is 0.266 e. The number of benzene rings is 2. The summed E-state index contributed by atoms with van der Waals surface area (Å²) in [5, 5.41) is 5.24. The van der Waals surface area contributed by atoms with Gasteiger partial charge in [0.25, 0.3) is 13.3 Å². The highest BCUT2D eigenvalue weighted by Gasteiger charge is 2.35. The van der Waals surface area contributed by atoms with Crippen molar-refractivity contribution in [3.8, 4) is 11.1 Å². The van der Waals surface area contributed by atoms with Crippen LogP contribution >= 0.6 is 19.0 Å². The molecule has 3 N–H and O–H groups in total. The zero-order valence-electron chi connectivity index (χ0n) is 14.7. The summed E-state index contributed by atoms with van der Waals surface area (Å²) in [6.07, 6.45) is 3.04. The molecule has 0 aliphatic heterocycles. The van der Waals surface area contributed by atoms with Crippen LogP contribution in [0.15, 0.2) is 59.4 Å². The molecule has 1 atom stereocenters. The van der Waals surface area contributed by atoms with Crippen molar-refractivity contribution in [1.29, 1.82) is 0 Å². The van der Waals surface area contributed by atoms with Crippen LogP contribution in [0.5, 0.6) is 0 Å². The van der Waals surface area contributed by atoms with Crippen LogP contribution < -0.4 is 16.3 Å². The van der Waals surface area contributed by atoms with Gasteiger partial charge in [-0.05, 0) is 35.9 Å². The van der Waals surface area contributed by atoms with E-state index in [4.69, 9.17) is 26.4 Å². The van der Waals surface area contributed by atoms with Crippen molar-refractivity contribution in [1.82, 2.24) is 10.1 Å². The van der Waals surface area contributed by atoms with Gasteiger partial charge in [0.05, 0.1) is 11.5 Å². The Morgan fingerprint density at radius 2 is 2.07 bits per heavy atom. The van der Waals surface area contributed by atoms with E-state index in [2.05, 4.69) is 10.1 Å². The first kappa shape index (κ1) is 18.5. The van der Waals surface area contributed by atoms with Crippen LogP contribution in [-0.2, 0) is 9.09 Å². The Kier molecular flexibility index (Phi) is 4.59. The zero-order valence-corrected chi connectivity index (χ0v) is 16.3. The highest BCUT2D eigenvalue weighted by molar-refractivity contribution is 7.75. The van der Waals surface area contributed by atoms with Gasteiger partial charge in [-0.1, -0.05) is 28.9 Å². The van der Waals surface area contributed by atoms with Crippen molar-refractivity contribution in [3.63, 3.8) is 0 Å². The third kappa shape index (κ3) is 2.94. The fraction of sp³-hybridized carbons (Fsp3) is 0.0526. The lowest BCUT2D eigenvalue weighted by atomic mass is 10.1. The van der Waals surface area contributed by atoms with Crippen LogP contribution in [0, 0.1) is 0 Å². The molecular formula is C19H15ClN3O4P. The fourth-order valence-electron chi connectivity index (χ4n) is 3.18. The van der Waals surface area contributed by atoms with Crippen LogP contribution in [0.2, 0.25) is 5.02 Å².